The van der Waals surface area contributed by atoms with Gasteiger partial charge in [0.2, 0.25) is 5.91 Å². The van der Waals surface area contributed by atoms with Gasteiger partial charge in [0.1, 0.15) is 5.82 Å². The first-order valence-corrected chi connectivity index (χ1v) is 9.61. The molecule has 1 N–H and O–H groups in total. The largest absolute Gasteiger partial charge is 0.369 e. The molecule has 1 atom stereocenters. The summed E-state index contributed by atoms with van der Waals surface area (Å²) in [5.41, 5.74) is 3.60. The third-order valence-electron chi connectivity index (χ3n) is 5.32. The number of amides is 1. The van der Waals surface area contributed by atoms with Gasteiger partial charge in [-0.05, 0) is 49.6 Å². The van der Waals surface area contributed by atoms with Crippen LogP contribution in [0, 0.1) is 12.7 Å². The van der Waals surface area contributed by atoms with E-state index in [4.69, 9.17) is 0 Å². The van der Waals surface area contributed by atoms with Crippen LogP contribution in [-0.4, -0.2) is 49.6 Å². The fourth-order valence-corrected chi connectivity index (χ4v) is 3.56. The summed E-state index contributed by atoms with van der Waals surface area (Å²) in [7, 11) is 0. The lowest BCUT2D eigenvalue weighted by Crippen LogP contribution is -2.54. The maximum absolute atomic E-state index is 12.9. The van der Waals surface area contributed by atoms with Gasteiger partial charge in [-0.2, -0.15) is 0 Å². The molecule has 4 nitrogen and oxygen atoms in total. The van der Waals surface area contributed by atoms with E-state index in [0.717, 1.165) is 31.7 Å². The van der Waals surface area contributed by atoms with Crippen LogP contribution in [0.5, 0.6) is 0 Å². The number of carbonyl (C=O) groups excluding carboxylic acids is 1. The number of nitrogens with zero attached hydrogens (tertiary/aromatic N) is 2. The highest BCUT2D eigenvalue weighted by Gasteiger charge is 2.25. The standard InChI is InChI=1S/C22H28FN3O/c1-17-5-3-4-6-21(17)26-15-13-25(14-16-26)18(2)22(27)24-12-11-19-7-9-20(23)10-8-19/h3-10,18H,11-16H2,1-2H3,(H,24,27)/t18-/m1/s1. The number of rotatable bonds is 6. The summed E-state index contributed by atoms with van der Waals surface area (Å²) in [6, 6.07) is 14.7. The van der Waals surface area contributed by atoms with Crippen molar-refractivity contribution in [2.45, 2.75) is 26.3 Å². The predicted molar refractivity (Wildman–Crippen MR) is 108 cm³/mol. The third kappa shape index (κ3) is 5.07. The number of halogens is 1. The Balaban J connectivity index is 1.44. The molecule has 0 unspecified atom stereocenters. The van der Waals surface area contributed by atoms with Gasteiger partial charge in [-0.1, -0.05) is 30.3 Å². The van der Waals surface area contributed by atoms with E-state index in [1.165, 1.54) is 23.4 Å². The summed E-state index contributed by atoms with van der Waals surface area (Å²) in [4.78, 5) is 17.1. The number of para-hydroxylation sites is 1. The van der Waals surface area contributed by atoms with Crippen molar-refractivity contribution in [3.05, 3.63) is 65.5 Å². The second kappa shape index (κ2) is 9.00. The molecule has 0 aromatic heterocycles. The Labute approximate surface area is 161 Å². The predicted octanol–water partition coefficient (Wildman–Crippen LogP) is 3.00. The zero-order valence-electron chi connectivity index (χ0n) is 16.1. The first-order valence-electron chi connectivity index (χ1n) is 9.61. The Morgan fingerprint density at radius 2 is 1.74 bits per heavy atom. The van der Waals surface area contributed by atoms with Crippen LogP contribution in [0.3, 0.4) is 0 Å². The van der Waals surface area contributed by atoms with Crippen LogP contribution in [-0.2, 0) is 11.2 Å². The smallest absolute Gasteiger partial charge is 0.237 e. The van der Waals surface area contributed by atoms with Crippen LogP contribution in [0.25, 0.3) is 0 Å². The van der Waals surface area contributed by atoms with Crippen LogP contribution >= 0.6 is 0 Å². The fraction of sp³-hybridized carbons (Fsp3) is 0.409. The van der Waals surface area contributed by atoms with Crippen molar-refractivity contribution in [2.24, 2.45) is 0 Å². The van der Waals surface area contributed by atoms with E-state index in [2.05, 4.69) is 46.3 Å². The minimum Gasteiger partial charge on any atom is -0.369 e. The summed E-state index contributed by atoms with van der Waals surface area (Å²) >= 11 is 0. The minimum atomic E-state index is -0.235. The van der Waals surface area contributed by atoms with E-state index in [-0.39, 0.29) is 17.8 Å². The molecule has 2 aromatic rings. The molecule has 0 radical (unpaired) electrons. The molecule has 2 aromatic carbocycles. The van der Waals surface area contributed by atoms with Crippen molar-refractivity contribution >= 4 is 11.6 Å². The molecule has 0 aliphatic carbocycles. The van der Waals surface area contributed by atoms with Crippen molar-refractivity contribution in [3.63, 3.8) is 0 Å². The lowest BCUT2D eigenvalue weighted by Gasteiger charge is -2.39. The van der Waals surface area contributed by atoms with E-state index in [1.807, 2.05) is 6.92 Å². The fourth-order valence-electron chi connectivity index (χ4n) is 3.56. The van der Waals surface area contributed by atoms with Crippen molar-refractivity contribution in [1.82, 2.24) is 10.2 Å². The quantitative estimate of drug-likeness (QED) is 0.850. The summed E-state index contributed by atoms with van der Waals surface area (Å²) in [5.74, 6) is -0.178. The van der Waals surface area contributed by atoms with Gasteiger partial charge in [-0.25, -0.2) is 4.39 Å². The van der Waals surface area contributed by atoms with Crippen molar-refractivity contribution < 1.29 is 9.18 Å². The third-order valence-corrected chi connectivity index (χ3v) is 5.32. The van der Waals surface area contributed by atoms with E-state index < -0.39 is 0 Å². The Bertz CT molecular complexity index is 754. The Kier molecular flexibility index (Phi) is 6.45. The Morgan fingerprint density at radius 3 is 2.41 bits per heavy atom. The van der Waals surface area contributed by atoms with Gasteiger partial charge >= 0.3 is 0 Å². The van der Waals surface area contributed by atoms with Gasteiger partial charge in [0.05, 0.1) is 6.04 Å². The first-order chi connectivity index (χ1) is 13.0. The number of piperazine rings is 1. The molecular weight excluding hydrogens is 341 g/mol. The second-order valence-electron chi connectivity index (χ2n) is 7.15. The lowest BCUT2D eigenvalue weighted by atomic mass is 10.1. The molecule has 5 heteroatoms. The minimum absolute atomic E-state index is 0.0569. The van der Waals surface area contributed by atoms with Gasteiger partial charge in [0.15, 0.2) is 0 Å². The number of aryl methyl sites for hydroxylation is 1. The lowest BCUT2D eigenvalue weighted by molar-refractivity contribution is -0.125. The molecule has 1 amide bonds. The number of hydrogen-bond donors (Lipinski definition) is 1. The molecule has 3 rings (SSSR count). The highest BCUT2D eigenvalue weighted by Crippen LogP contribution is 2.21. The van der Waals surface area contributed by atoms with E-state index in [9.17, 15) is 9.18 Å². The number of nitrogens with one attached hydrogen (secondary N) is 1. The maximum atomic E-state index is 12.9. The monoisotopic (exact) mass is 369 g/mol. The van der Waals surface area contributed by atoms with Gasteiger partial charge < -0.3 is 10.2 Å². The van der Waals surface area contributed by atoms with Gasteiger partial charge in [0.25, 0.3) is 0 Å². The Hall–Kier alpha value is -2.40. The molecular formula is C22H28FN3O. The van der Waals surface area contributed by atoms with Crippen molar-refractivity contribution in [1.29, 1.82) is 0 Å². The summed E-state index contributed by atoms with van der Waals surface area (Å²) in [6.07, 6.45) is 0.708. The van der Waals surface area contributed by atoms with Gasteiger partial charge in [-0.15, -0.1) is 0 Å². The molecule has 1 saturated heterocycles. The van der Waals surface area contributed by atoms with Gasteiger partial charge in [0, 0.05) is 38.4 Å². The van der Waals surface area contributed by atoms with Crippen LogP contribution < -0.4 is 10.2 Å². The molecule has 0 saturated carbocycles. The molecule has 0 spiro atoms. The van der Waals surface area contributed by atoms with Crippen LogP contribution in [0.2, 0.25) is 0 Å². The zero-order valence-corrected chi connectivity index (χ0v) is 16.1. The molecule has 1 aliphatic heterocycles. The van der Waals surface area contributed by atoms with Crippen molar-refractivity contribution in [3.8, 4) is 0 Å². The summed E-state index contributed by atoms with van der Waals surface area (Å²) in [5, 5.41) is 3.01. The highest BCUT2D eigenvalue weighted by atomic mass is 19.1. The number of anilines is 1. The van der Waals surface area contributed by atoms with Crippen LogP contribution in [0.4, 0.5) is 10.1 Å². The molecule has 0 bridgehead atoms. The molecule has 144 valence electrons. The van der Waals surface area contributed by atoms with Gasteiger partial charge in [-0.3, -0.25) is 9.69 Å². The molecule has 1 heterocycles. The average Bonchev–Trinajstić information content (AvgIpc) is 2.69. The van der Waals surface area contributed by atoms with Crippen LogP contribution in [0.1, 0.15) is 18.1 Å². The number of benzene rings is 2. The molecule has 1 fully saturated rings. The van der Waals surface area contributed by atoms with E-state index >= 15 is 0 Å². The average molecular weight is 369 g/mol. The number of carbonyl (C=O) groups is 1. The topological polar surface area (TPSA) is 35.6 Å². The highest BCUT2D eigenvalue weighted by molar-refractivity contribution is 5.81. The Morgan fingerprint density at radius 1 is 1.07 bits per heavy atom. The van der Waals surface area contributed by atoms with E-state index in [1.54, 1.807) is 12.1 Å². The van der Waals surface area contributed by atoms with Crippen LogP contribution in [0.15, 0.2) is 48.5 Å². The number of hydrogen-bond acceptors (Lipinski definition) is 3. The molecule has 27 heavy (non-hydrogen) atoms. The zero-order chi connectivity index (χ0) is 19.2. The van der Waals surface area contributed by atoms with Crippen molar-refractivity contribution in [2.75, 3.05) is 37.6 Å². The summed E-state index contributed by atoms with van der Waals surface area (Å²) < 4.78 is 12.9. The second-order valence-corrected chi connectivity index (χ2v) is 7.15. The van der Waals surface area contributed by atoms with E-state index in [0.29, 0.717) is 13.0 Å². The normalized spacial score (nSPS) is 16.2. The summed E-state index contributed by atoms with van der Waals surface area (Å²) in [6.45, 7) is 8.28. The molecule has 1 aliphatic rings. The maximum Gasteiger partial charge on any atom is 0.237 e. The SMILES string of the molecule is Cc1ccccc1N1CCN([C@H](C)C(=O)NCCc2ccc(F)cc2)CC1. The first kappa shape index (κ1) is 19.4.